The van der Waals surface area contributed by atoms with Gasteiger partial charge in [0.1, 0.15) is 0 Å². The molecule has 3 nitrogen and oxygen atoms in total. The van der Waals surface area contributed by atoms with Crippen LogP contribution in [0.4, 0.5) is 0 Å². The Hall–Kier alpha value is -4.67. The van der Waals surface area contributed by atoms with Gasteiger partial charge in [-0.25, -0.2) is 0 Å². The summed E-state index contributed by atoms with van der Waals surface area (Å²) < 4.78 is 6.24. The fraction of sp³-hybridized carbons (Fsp3) is 0.0833. The van der Waals surface area contributed by atoms with E-state index in [-0.39, 0.29) is 5.54 Å². The molecule has 40 heavy (non-hydrogen) atoms. The monoisotopic (exact) mass is 531 g/mol. The number of rotatable bonds is 2. The molecule has 4 aromatic carbocycles. The molecule has 0 spiro atoms. The first-order chi connectivity index (χ1) is 19.7. The van der Waals surface area contributed by atoms with Gasteiger partial charge in [0.2, 0.25) is 0 Å². The molecule has 4 heteroatoms. The van der Waals surface area contributed by atoms with Gasteiger partial charge in [-0.3, -0.25) is 4.98 Å². The molecule has 0 bridgehead atoms. The van der Waals surface area contributed by atoms with E-state index in [1.54, 1.807) is 0 Å². The zero-order valence-electron chi connectivity index (χ0n) is 22.0. The number of pyridine rings is 1. The minimum absolute atomic E-state index is 0.202. The van der Waals surface area contributed by atoms with Crippen LogP contribution in [0.3, 0.4) is 0 Å². The molecule has 190 valence electrons. The first kappa shape index (κ1) is 22.2. The number of thiophene rings is 1. The highest BCUT2D eigenvalue weighted by Gasteiger charge is 2.33. The maximum Gasteiger partial charge on any atom is 0.0825 e. The highest BCUT2D eigenvalue weighted by atomic mass is 32.1. The van der Waals surface area contributed by atoms with Crippen LogP contribution in [0.25, 0.3) is 65.5 Å². The number of nitrogens with zero attached hydrogens (tertiary/aromatic N) is 3. The Morgan fingerprint density at radius 1 is 0.650 bits per heavy atom. The van der Waals surface area contributed by atoms with Crippen LogP contribution in [-0.2, 0) is 12.0 Å². The lowest BCUT2D eigenvalue weighted by atomic mass is 9.86. The Bertz CT molecular complexity index is 2220. The standard InChI is InChI=1S/C36H25N3S/c1-36(39-31-16-8-4-12-25(31)26-13-5-9-17-32(26)39)19-18-34-27(20-36)28-21-37-22-33(35(28)40-34)38-29-14-6-2-10-23(29)24-11-3-7-15-30(24)38/h2-19,21-22H,20H2,1H3. The Labute approximate surface area is 235 Å². The summed E-state index contributed by atoms with van der Waals surface area (Å²) in [5.74, 6) is 0. The van der Waals surface area contributed by atoms with E-state index in [2.05, 4.69) is 131 Å². The van der Waals surface area contributed by atoms with Gasteiger partial charge in [-0.15, -0.1) is 11.3 Å². The average molecular weight is 532 g/mol. The van der Waals surface area contributed by atoms with Crippen LogP contribution >= 0.6 is 11.3 Å². The summed E-state index contributed by atoms with van der Waals surface area (Å²) >= 11 is 1.89. The lowest BCUT2D eigenvalue weighted by Crippen LogP contribution is -2.31. The first-order valence-corrected chi connectivity index (χ1v) is 14.6. The lowest BCUT2D eigenvalue weighted by molar-refractivity contribution is 0.432. The molecule has 0 N–H and O–H groups in total. The van der Waals surface area contributed by atoms with Crippen molar-refractivity contribution >= 4 is 71.1 Å². The van der Waals surface area contributed by atoms with Crippen LogP contribution in [0.5, 0.6) is 0 Å². The second kappa shape index (κ2) is 7.93. The van der Waals surface area contributed by atoms with Crippen LogP contribution < -0.4 is 0 Å². The van der Waals surface area contributed by atoms with Gasteiger partial charge < -0.3 is 9.13 Å². The molecular formula is C36H25N3S. The number of para-hydroxylation sites is 4. The van der Waals surface area contributed by atoms with E-state index in [9.17, 15) is 0 Å². The van der Waals surface area contributed by atoms with E-state index in [0.29, 0.717) is 0 Å². The van der Waals surface area contributed by atoms with Crippen molar-refractivity contribution in [3.05, 3.63) is 126 Å². The lowest BCUT2D eigenvalue weighted by Gasteiger charge is -2.33. The van der Waals surface area contributed by atoms with E-state index < -0.39 is 0 Å². The van der Waals surface area contributed by atoms with Crippen molar-refractivity contribution in [1.29, 1.82) is 0 Å². The van der Waals surface area contributed by atoms with Crippen LogP contribution in [0, 0.1) is 0 Å². The zero-order valence-corrected chi connectivity index (χ0v) is 22.8. The molecule has 0 aliphatic heterocycles. The van der Waals surface area contributed by atoms with Crippen LogP contribution in [0.1, 0.15) is 17.4 Å². The quantitative estimate of drug-likeness (QED) is 0.218. The summed E-state index contributed by atoms with van der Waals surface area (Å²) in [5.41, 5.74) is 7.34. The number of allylic oxidation sites excluding steroid dienone is 1. The molecule has 0 fully saturated rings. The fourth-order valence-corrected chi connectivity index (χ4v) is 8.22. The molecule has 4 aromatic heterocycles. The maximum absolute atomic E-state index is 4.83. The molecule has 0 saturated heterocycles. The second-order valence-corrected chi connectivity index (χ2v) is 12.1. The normalized spacial score (nSPS) is 17.0. The molecule has 1 aliphatic carbocycles. The van der Waals surface area contributed by atoms with E-state index in [1.807, 2.05) is 17.5 Å². The Balaban J connectivity index is 1.28. The van der Waals surface area contributed by atoms with Crippen molar-refractivity contribution in [2.24, 2.45) is 0 Å². The Morgan fingerprint density at radius 3 is 1.77 bits per heavy atom. The third kappa shape index (κ3) is 2.86. The first-order valence-electron chi connectivity index (χ1n) is 13.8. The highest BCUT2D eigenvalue weighted by Crippen LogP contribution is 2.46. The van der Waals surface area contributed by atoms with E-state index in [4.69, 9.17) is 4.98 Å². The molecular weight excluding hydrogens is 506 g/mol. The van der Waals surface area contributed by atoms with Crippen molar-refractivity contribution in [2.45, 2.75) is 18.9 Å². The van der Waals surface area contributed by atoms with Gasteiger partial charge in [0.15, 0.2) is 0 Å². The Kier molecular flexibility index (Phi) is 4.40. The number of benzene rings is 4. The molecule has 1 atom stereocenters. The van der Waals surface area contributed by atoms with Gasteiger partial charge in [0, 0.05) is 55.5 Å². The summed E-state index contributed by atoms with van der Waals surface area (Å²) in [6.45, 7) is 2.37. The van der Waals surface area contributed by atoms with Crippen LogP contribution in [-0.4, -0.2) is 14.1 Å². The molecule has 1 aliphatic rings. The predicted molar refractivity (Wildman–Crippen MR) is 170 cm³/mol. The number of fused-ring (bicyclic) bond motifs is 9. The molecule has 8 aromatic rings. The van der Waals surface area contributed by atoms with Crippen molar-refractivity contribution < 1.29 is 0 Å². The SMILES string of the molecule is CC1(n2c3ccccc3c3ccccc32)C=Cc2sc3c(-n4c5ccccc5c5ccccc54)cncc3c2C1. The van der Waals surface area contributed by atoms with Gasteiger partial charge in [0.05, 0.1) is 33.2 Å². The van der Waals surface area contributed by atoms with E-state index >= 15 is 0 Å². The number of hydrogen-bond donors (Lipinski definition) is 0. The topological polar surface area (TPSA) is 22.8 Å². The molecule has 0 radical (unpaired) electrons. The predicted octanol–water partition coefficient (Wildman–Crippen LogP) is 9.49. The van der Waals surface area contributed by atoms with Gasteiger partial charge in [-0.05, 0) is 42.8 Å². The van der Waals surface area contributed by atoms with Gasteiger partial charge >= 0.3 is 0 Å². The molecule has 4 heterocycles. The van der Waals surface area contributed by atoms with E-state index in [1.165, 1.54) is 64.1 Å². The zero-order chi connectivity index (χ0) is 26.4. The maximum atomic E-state index is 4.83. The molecule has 0 saturated carbocycles. The van der Waals surface area contributed by atoms with Gasteiger partial charge in [-0.2, -0.15) is 0 Å². The third-order valence-electron chi connectivity index (χ3n) is 8.75. The summed E-state index contributed by atoms with van der Waals surface area (Å²) in [7, 11) is 0. The van der Waals surface area contributed by atoms with Crippen LogP contribution in [0.2, 0.25) is 0 Å². The molecule has 1 unspecified atom stereocenters. The summed E-state index contributed by atoms with van der Waals surface area (Å²) in [5, 5.41) is 6.43. The number of aromatic nitrogens is 3. The second-order valence-electron chi connectivity index (χ2n) is 11.1. The molecule has 9 rings (SSSR count). The van der Waals surface area contributed by atoms with Crippen molar-refractivity contribution in [3.63, 3.8) is 0 Å². The average Bonchev–Trinajstić information content (AvgIpc) is 3.65. The van der Waals surface area contributed by atoms with Gasteiger partial charge in [0.25, 0.3) is 0 Å². The molecule has 0 amide bonds. The Morgan fingerprint density at radius 2 is 1.18 bits per heavy atom. The highest BCUT2D eigenvalue weighted by molar-refractivity contribution is 7.20. The van der Waals surface area contributed by atoms with Crippen molar-refractivity contribution in [1.82, 2.24) is 14.1 Å². The fourth-order valence-electron chi connectivity index (χ4n) is 7.02. The summed E-state index contributed by atoms with van der Waals surface area (Å²) in [6.07, 6.45) is 9.80. The van der Waals surface area contributed by atoms with Crippen LogP contribution in [0.15, 0.2) is 116 Å². The summed E-state index contributed by atoms with van der Waals surface area (Å²) in [6, 6.07) is 35.0. The van der Waals surface area contributed by atoms with Crippen molar-refractivity contribution in [3.8, 4) is 5.69 Å². The van der Waals surface area contributed by atoms with Crippen molar-refractivity contribution in [2.75, 3.05) is 0 Å². The minimum Gasteiger partial charge on any atom is -0.331 e. The number of hydrogen-bond acceptors (Lipinski definition) is 2. The third-order valence-corrected chi connectivity index (χ3v) is 9.99. The minimum atomic E-state index is -0.202. The summed E-state index contributed by atoms with van der Waals surface area (Å²) in [4.78, 5) is 6.16. The largest absolute Gasteiger partial charge is 0.331 e. The van der Waals surface area contributed by atoms with Gasteiger partial charge in [-0.1, -0.05) is 78.9 Å². The smallest absolute Gasteiger partial charge is 0.0825 e. The van der Waals surface area contributed by atoms with E-state index in [0.717, 1.165) is 12.1 Å².